The van der Waals surface area contributed by atoms with Crippen LogP contribution in [0.25, 0.3) is 10.8 Å². The molecular formula is C14H18N2O2S. The van der Waals surface area contributed by atoms with Gasteiger partial charge in [0, 0.05) is 19.6 Å². The van der Waals surface area contributed by atoms with Crippen molar-refractivity contribution in [3.63, 3.8) is 0 Å². The zero-order chi connectivity index (χ0) is 13.7. The van der Waals surface area contributed by atoms with E-state index in [4.69, 9.17) is 0 Å². The van der Waals surface area contributed by atoms with Crippen LogP contribution < -0.4 is 10.0 Å². The molecule has 5 heteroatoms. The van der Waals surface area contributed by atoms with Crippen LogP contribution in [0.1, 0.15) is 5.56 Å². The van der Waals surface area contributed by atoms with Crippen molar-refractivity contribution < 1.29 is 8.42 Å². The van der Waals surface area contributed by atoms with Crippen molar-refractivity contribution in [3.05, 3.63) is 48.0 Å². The molecule has 0 saturated carbocycles. The molecule has 4 nitrogen and oxygen atoms in total. The van der Waals surface area contributed by atoms with Crippen LogP contribution in [0.15, 0.2) is 42.5 Å². The molecule has 0 amide bonds. The van der Waals surface area contributed by atoms with E-state index in [-0.39, 0.29) is 0 Å². The third-order valence-corrected chi connectivity index (χ3v) is 3.54. The third kappa shape index (κ3) is 4.63. The fraction of sp³-hybridized carbons (Fsp3) is 0.286. The van der Waals surface area contributed by atoms with Crippen LogP contribution in [-0.4, -0.2) is 27.8 Å². The standard InChI is InChI=1S/C14H18N2O2S/c1-19(17,18)16-9-8-15-11-12-6-7-13-4-2-3-5-14(13)10-12/h2-7,10,15-16H,8-9,11H2,1H3. The predicted molar refractivity (Wildman–Crippen MR) is 78.5 cm³/mol. The summed E-state index contributed by atoms with van der Waals surface area (Å²) in [6.07, 6.45) is 1.16. The van der Waals surface area contributed by atoms with Gasteiger partial charge in [-0.25, -0.2) is 13.1 Å². The summed E-state index contributed by atoms with van der Waals surface area (Å²) in [5.41, 5.74) is 1.19. The minimum Gasteiger partial charge on any atom is -0.311 e. The number of hydrogen-bond acceptors (Lipinski definition) is 3. The first-order valence-corrected chi connectivity index (χ1v) is 8.07. The molecule has 2 N–H and O–H groups in total. The van der Waals surface area contributed by atoms with E-state index in [0.717, 1.165) is 12.8 Å². The van der Waals surface area contributed by atoms with E-state index in [1.807, 2.05) is 12.1 Å². The zero-order valence-electron chi connectivity index (χ0n) is 10.9. The largest absolute Gasteiger partial charge is 0.311 e. The van der Waals surface area contributed by atoms with Gasteiger partial charge in [-0.05, 0) is 22.4 Å². The van der Waals surface area contributed by atoms with Crippen molar-refractivity contribution in [1.82, 2.24) is 10.0 Å². The lowest BCUT2D eigenvalue weighted by molar-refractivity contribution is 0.582. The van der Waals surface area contributed by atoms with Crippen molar-refractivity contribution in [1.29, 1.82) is 0 Å². The molecule has 0 radical (unpaired) electrons. The molecule has 19 heavy (non-hydrogen) atoms. The van der Waals surface area contributed by atoms with Gasteiger partial charge in [0.15, 0.2) is 0 Å². The maximum absolute atomic E-state index is 10.9. The van der Waals surface area contributed by atoms with Crippen molar-refractivity contribution in [3.8, 4) is 0 Å². The van der Waals surface area contributed by atoms with Crippen LogP contribution in [0, 0.1) is 0 Å². The highest BCUT2D eigenvalue weighted by Crippen LogP contribution is 2.15. The van der Waals surface area contributed by atoms with Gasteiger partial charge in [0.05, 0.1) is 6.26 Å². The quantitative estimate of drug-likeness (QED) is 0.787. The SMILES string of the molecule is CS(=O)(=O)NCCNCc1ccc2ccccc2c1. The normalized spacial score (nSPS) is 11.8. The predicted octanol–water partition coefficient (Wildman–Crippen LogP) is 1.48. The van der Waals surface area contributed by atoms with Crippen LogP contribution in [0.5, 0.6) is 0 Å². The maximum atomic E-state index is 10.9. The average Bonchev–Trinajstić information content (AvgIpc) is 2.37. The Morgan fingerprint density at radius 2 is 1.74 bits per heavy atom. The van der Waals surface area contributed by atoms with Crippen LogP contribution in [0.2, 0.25) is 0 Å². The maximum Gasteiger partial charge on any atom is 0.208 e. The second-order valence-corrected chi connectivity index (χ2v) is 6.36. The number of hydrogen-bond donors (Lipinski definition) is 2. The molecule has 2 rings (SSSR count). The first kappa shape index (κ1) is 14.0. The fourth-order valence-corrected chi connectivity index (χ4v) is 2.38. The fourth-order valence-electron chi connectivity index (χ4n) is 1.91. The molecule has 0 aliphatic carbocycles. The van der Waals surface area contributed by atoms with E-state index in [1.54, 1.807) is 0 Å². The van der Waals surface area contributed by atoms with Gasteiger partial charge in [0.25, 0.3) is 0 Å². The summed E-state index contributed by atoms with van der Waals surface area (Å²) in [5, 5.41) is 5.66. The Bertz CT molecular complexity index is 653. The first-order valence-electron chi connectivity index (χ1n) is 6.18. The average molecular weight is 278 g/mol. The lowest BCUT2D eigenvalue weighted by Gasteiger charge is -2.06. The summed E-state index contributed by atoms with van der Waals surface area (Å²) < 4.78 is 24.2. The van der Waals surface area contributed by atoms with E-state index in [1.165, 1.54) is 16.3 Å². The summed E-state index contributed by atoms with van der Waals surface area (Å²) in [5.74, 6) is 0. The van der Waals surface area contributed by atoms with Gasteiger partial charge in [0.1, 0.15) is 0 Å². The van der Waals surface area contributed by atoms with Crippen LogP contribution in [-0.2, 0) is 16.6 Å². The smallest absolute Gasteiger partial charge is 0.208 e. The van der Waals surface area contributed by atoms with Crippen molar-refractivity contribution in [2.24, 2.45) is 0 Å². The zero-order valence-corrected chi connectivity index (χ0v) is 11.7. The number of rotatable bonds is 6. The van der Waals surface area contributed by atoms with Crippen LogP contribution in [0.4, 0.5) is 0 Å². The Balaban J connectivity index is 1.85. The molecule has 0 saturated heterocycles. The molecule has 0 spiro atoms. The molecule has 102 valence electrons. The van der Waals surface area contributed by atoms with Crippen molar-refractivity contribution >= 4 is 20.8 Å². The van der Waals surface area contributed by atoms with Gasteiger partial charge in [-0.15, -0.1) is 0 Å². The second kappa shape index (κ2) is 6.14. The molecular weight excluding hydrogens is 260 g/mol. The van der Waals surface area contributed by atoms with Gasteiger partial charge >= 0.3 is 0 Å². The highest BCUT2D eigenvalue weighted by molar-refractivity contribution is 7.88. The Morgan fingerprint density at radius 1 is 1.00 bits per heavy atom. The summed E-state index contributed by atoms with van der Waals surface area (Å²) in [4.78, 5) is 0. The molecule has 0 aliphatic rings. The molecule has 0 bridgehead atoms. The Labute approximate surface area is 113 Å². The third-order valence-electron chi connectivity index (χ3n) is 2.81. The molecule has 0 aliphatic heterocycles. The minimum atomic E-state index is -3.09. The van der Waals surface area contributed by atoms with Gasteiger partial charge in [-0.1, -0.05) is 36.4 Å². The molecule has 0 atom stereocenters. The lowest BCUT2D eigenvalue weighted by Crippen LogP contribution is -2.30. The van der Waals surface area contributed by atoms with E-state index >= 15 is 0 Å². The molecule has 0 heterocycles. The van der Waals surface area contributed by atoms with Gasteiger partial charge in [0.2, 0.25) is 10.0 Å². The number of benzene rings is 2. The van der Waals surface area contributed by atoms with Gasteiger partial charge < -0.3 is 5.32 Å². The number of sulfonamides is 1. The van der Waals surface area contributed by atoms with E-state index in [2.05, 4.69) is 40.4 Å². The molecule has 2 aromatic rings. The number of nitrogens with one attached hydrogen (secondary N) is 2. The summed E-state index contributed by atoms with van der Waals surface area (Å²) in [7, 11) is -3.09. The van der Waals surface area contributed by atoms with Crippen molar-refractivity contribution in [2.75, 3.05) is 19.3 Å². The minimum absolute atomic E-state index is 0.409. The molecule has 2 aromatic carbocycles. The second-order valence-electron chi connectivity index (χ2n) is 4.52. The summed E-state index contributed by atoms with van der Waals surface area (Å²) in [6.45, 7) is 1.75. The Hall–Kier alpha value is -1.43. The first-order chi connectivity index (χ1) is 9.04. The highest BCUT2D eigenvalue weighted by atomic mass is 32.2. The highest BCUT2D eigenvalue weighted by Gasteiger charge is 1.99. The molecule has 0 fully saturated rings. The summed E-state index contributed by atoms with van der Waals surface area (Å²) in [6, 6.07) is 14.5. The van der Waals surface area contributed by atoms with Crippen molar-refractivity contribution in [2.45, 2.75) is 6.54 Å². The lowest BCUT2D eigenvalue weighted by atomic mass is 10.1. The summed E-state index contributed by atoms with van der Waals surface area (Å²) >= 11 is 0. The van der Waals surface area contributed by atoms with E-state index in [9.17, 15) is 8.42 Å². The topological polar surface area (TPSA) is 58.2 Å². The van der Waals surface area contributed by atoms with Gasteiger partial charge in [-0.3, -0.25) is 0 Å². The van der Waals surface area contributed by atoms with Gasteiger partial charge in [-0.2, -0.15) is 0 Å². The van der Waals surface area contributed by atoms with Crippen LogP contribution in [0.3, 0.4) is 0 Å². The Morgan fingerprint density at radius 3 is 2.47 bits per heavy atom. The van der Waals surface area contributed by atoms with E-state index < -0.39 is 10.0 Å². The van der Waals surface area contributed by atoms with E-state index in [0.29, 0.717) is 13.1 Å². The van der Waals surface area contributed by atoms with Crippen LogP contribution >= 0.6 is 0 Å². The monoisotopic (exact) mass is 278 g/mol. The Kier molecular flexibility index (Phi) is 4.52. The molecule has 0 unspecified atom stereocenters. The molecule has 0 aromatic heterocycles. The number of fused-ring (bicyclic) bond motifs is 1.